The molecule has 0 unspecified atom stereocenters. The molecule has 28 heavy (non-hydrogen) atoms. The molecule has 150 valence electrons. The van der Waals surface area contributed by atoms with Crippen molar-refractivity contribution < 1.29 is 31.1 Å². The Labute approximate surface area is 160 Å². The lowest BCUT2D eigenvalue weighted by Crippen LogP contribution is -2.32. The van der Waals surface area contributed by atoms with Gasteiger partial charge < -0.3 is 5.11 Å². The molecule has 1 saturated heterocycles. The number of halogens is 1. The van der Waals surface area contributed by atoms with Crippen LogP contribution in [-0.2, 0) is 25.2 Å². The van der Waals surface area contributed by atoms with Crippen molar-refractivity contribution in [3.05, 3.63) is 48.3 Å². The number of nitrogens with zero attached hydrogens (tertiary/aromatic N) is 2. The van der Waals surface area contributed by atoms with Crippen LogP contribution in [0.25, 0.3) is 0 Å². The highest BCUT2D eigenvalue weighted by molar-refractivity contribution is 7.94. The van der Waals surface area contributed by atoms with E-state index < -0.39 is 50.1 Å². The zero-order chi connectivity index (χ0) is 20.7. The van der Waals surface area contributed by atoms with Crippen LogP contribution in [0.4, 0.5) is 21.5 Å². The summed E-state index contributed by atoms with van der Waals surface area (Å²) >= 11 is 0. The van der Waals surface area contributed by atoms with Gasteiger partial charge in [-0.3, -0.25) is 13.8 Å². The fraction of sp³-hybridized carbons (Fsp3) is 0.133. The smallest absolute Gasteiger partial charge is 0.326 e. The Hall–Kier alpha value is -3.06. The van der Waals surface area contributed by atoms with Crippen molar-refractivity contribution >= 4 is 43.4 Å². The number of carbonyl (C=O) groups is 1. The molecule has 0 spiro atoms. The minimum atomic E-state index is -4.34. The molecular formula is C15H15FN4O6S2. The summed E-state index contributed by atoms with van der Waals surface area (Å²) in [5.41, 5.74) is -0.765. The molecule has 13 heteroatoms. The van der Waals surface area contributed by atoms with Gasteiger partial charge in [0.2, 0.25) is 0 Å². The van der Waals surface area contributed by atoms with E-state index in [9.17, 15) is 31.1 Å². The maximum Gasteiger partial charge on any atom is 0.326 e. The summed E-state index contributed by atoms with van der Waals surface area (Å²) in [6.07, 6.45) is 0. The molecule has 1 fully saturated rings. The summed E-state index contributed by atoms with van der Waals surface area (Å²) in [6.45, 7) is -0.714. The monoisotopic (exact) mass is 430 g/mol. The second kappa shape index (κ2) is 6.83. The Kier molecular flexibility index (Phi) is 4.81. The number of anilines is 3. The van der Waals surface area contributed by atoms with Gasteiger partial charge in [-0.05, 0) is 12.1 Å². The Bertz CT molecular complexity index is 1120. The third kappa shape index (κ3) is 3.66. The molecule has 1 heterocycles. The predicted octanol–water partition coefficient (Wildman–Crippen LogP) is 0.505. The summed E-state index contributed by atoms with van der Waals surface area (Å²) < 4.78 is 68.1. The van der Waals surface area contributed by atoms with Gasteiger partial charge in [0.05, 0.1) is 11.4 Å². The van der Waals surface area contributed by atoms with Crippen LogP contribution >= 0.6 is 0 Å². The van der Waals surface area contributed by atoms with Crippen LogP contribution in [0.2, 0.25) is 0 Å². The number of nitrogens with one attached hydrogen (secondary N) is 2. The van der Waals surface area contributed by atoms with E-state index in [0.717, 1.165) is 10.4 Å². The number of rotatable bonds is 5. The number of hydrogen-bond acceptors (Lipinski definition) is 6. The van der Waals surface area contributed by atoms with Crippen LogP contribution in [0, 0.1) is 5.82 Å². The first-order valence-corrected chi connectivity index (χ1v) is 10.6. The van der Waals surface area contributed by atoms with Gasteiger partial charge in [0.15, 0.2) is 5.82 Å². The van der Waals surface area contributed by atoms with Gasteiger partial charge in [0.25, 0.3) is 5.91 Å². The third-order valence-electron chi connectivity index (χ3n) is 3.84. The van der Waals surface area contributed by atoms with Crippen molar-refractivity contribution in [1.82, 2.24) is 4.72 Å². The van der Waals surface area contributed by atoms with Crippen molar-refractivity contribution in [2.75, 3.05) is 26.9 Å². The summed E-state index contributed by atoms with van der Waals surface area (Å²) in [7, 11) is -7.23. The normalized spacial score (nSPS) is 15.9. The van der Waals surface area contributed by atoms with Crippen LogP contribution in [0.1, 0.15) is 0 Å². The molecule has 1 aliphatic heterocycles. The first-order valence-electron chi connectivity index (χ1n) is 7.69. The highest BCUT2D eigenvalue weighted by Crippen LogP contribution is 2.36. The number of phenolic OH excluding ortho intramolecular Hbond substituents is 1. The Morgan fingerprint density at radius 3 is 2.43 bits per heavy atom. The first kappa shape index (κ1) is 19.7. The van der Waals surface area contributed by atoms with Crippen LogP contribution in [0.15, 0.2) is 42.5 Å². The second-order valence-corrected chi connectivity index (χ2v) is 9.07. The topological polar surface area (TPSA) is 136 Å². The van der Waals surface area contributed by atoms with E-state index >= 15 is 0 Å². The SMILES string of the molecule is CN(c1ccccc1)S(=O)(=O)Nc1cc(O)c(N2CC(=O)NS2(=O)=O)c(F)c1. The van der Waals surface area contributed by atoms with Crippen LogP contribution < -0.4 is 18.1 Å². The van der Waals surface area contributed by atoms with Crippen LogP contribution in [-0.4, -0.2) is 41.4 Å². The molecule has 1 aliphatic rings. The van der Waals surface area contributed by atoms with Crippen molar-refractivity contribution in [2.45, 2.75) is 0 Å². The van der Waals surface area contributed by atoms with Gasteiger partial charge in [0, 0.05) is 19.2 Å². The van der Waals surface area contributed by atoms with E-state index in [0.29, 0.717) is 16.1 Å². The van der Waals surface area contributed by atoms with E-state index in [1.54, 1.807) is 35.1 Å². The lowest BCUT2D eigenvalue weighted by Gasteiger charge is -2.21. The Morgan fingerprint density at radius 1 is 1.25 bits per heavy atom. The number of para-hydroxylation sites is 1. The maximum atomic E-state index is 14.5. The van der Waals surface area contributed by atoms with Crippen LogP contribution in [0.5, 0.6) is 5.75 Å². The van der Waals surface area contributed by atoms with E-state index in [4.69, 9.17) is 0 Å². The van der Waals surface area contributed by atoms with Crippen molar-refractivity contribution in [3.63, 3.8) is 0 Å². The van der Waals surface area contributed by atoms with Gasteiger partial charge in [-0.15, -0.1) is 0 Å². The number of carbonyl (C=O) groups excluding carboxylic acids is 1. The quantitative estimate of drug-likeness (QED) is 0.632. The number of phenols is 1. The predicted molar refractivity (Wildman–Crippen MR) is 99.9 cm³/mol. The molecule has 2 aromatic carbocycles. The average molecular weight is 430 g/mol. The standard InChI is InChI=1S/C15H15FN4O6S2/c1-19(11-5-3-2-4-6-11)27(23,24)17-10-7-12(16)15(13(21)8-10)20-9-14(22)18-28(20,25)26/h2-8,17,21H,9H2,1H3,(H,18,22). The fourth-order valence-electron chi connectivity index (χ4n) is 2.53. The lowest BCUT2D eigenvalue weighted by molar-refractivity contribution is -0.117. The van der Waals surface area contributed by atoms with E-state index in [1.807, 2.05) is 0 Å². The highest BCUT2D eigenvalue weighted by Gasteiger charge is 2.37. The third-order valence-corrected chi connectivity index (χ3v) is 6.64. The van der Waals surface area contributed by atoms with E-state index in [2.05, 4.69) is 4.72 Å². The minimum absolute atomic E-state index is 0.336. The maximum absolute atomic E-state index is 14.5. The molecule has 2 aromatic rings. The molecule has 0 aromatic heterocycles. The summed E-state index contributed by atoms with van der Waals surface area (Å²) in [5, 5.41) is 10.1. The van der Waals surface area contributed by atoms with E-state index in [-0.39, 0.29) is 5.69 Å². The zero-order valence-corrected chi connectivity index (χ0v) is 16.0. The molecule has 10 nitrogen and oxygen atoms in total. The molecule has 3 N–H and O–H groups in total. The van der Waals surface area contributed by atoms with Crippen molar-refractivity contribution in [2.24, 2.45) is 0 Å². The first-order chi connectivity index (χ1) is 13.0. The van der Waals surface area contributed by atoms with Crippen molar-refractivity contribution in [3.8, 4) is 5.75 Å². The van der Waals surface area contributed by atoms with Gasteiger partial charge in [-0.1, -0.05) is 18.2 Å². The molecule has 0 radical (unpaired) electrons. The van der Waals surface area contributed by atoms with Gasteiger partial charge in [0.1, 0.15) is 18.0 Å². The average Bonchev–Trinajstić information content (AvgIpc) is 2.86. The van der Waals surface area contributed by atoms with Gasteiger partial charge >= 0.3 is 20.4 Å². The summed E-state index contributed by atoms with van der Waals surface area (Å²) in [4.78, 5) is 11.3. The Morgan fingerprint density at radius 2 is 1.89 bits per heavy atom. The molecule has 0 aliphatic carbocycles. The minimum Gasteiger partial charge on any atom is -0.506 e. The second-order valence-electron chi connectivity index (χ2n) is 5.77. The fourth-order valence-corrected chi connectivity index (χ4v) is 4.65. The van der Waals surface area contributed by atoms with Crippen LogP contribution in [0.3, 0.4) is 0 Å². The molecule has 0 bridgehead atoms. The van der Waals surface area contributed by atoms with E-state index in [1.165, 1.54) is 7.05 Å². The summed E-state index contributed by atoms with van der Waals surface area (Å²) in [5.74, 6) is -2.99. The molecule has 0 saturated carbocycles. The molecule has 3 rings (SSSR count). The molecular weight excluding hydrogens is 415 g/mol. The molecule has 0 atom stereocenters. The number of hydrogen-bond donors (Lipinski definition) is 3. The zero-order valence-electron chi connectivity index (χ0n) is 14.3. The van der Waals surface area contributed by atoms with Gasteiger partial charge in [-0.25, -0.2) is 13.4 Å². The number of benzene rings is 2. The largest absolute Gasteiger partial charge is 0.506 e. The molecule has 1 amide bonds. The number of amides is 1. The summed E-state index contributed by atoms with van der Waals surface area (Å²) in [6, 6.07) is 9.60. The number of aromatic hydroxyl groups is 1. The van der Waals surface area contributed by atoms with Crippen molar-refractivity contribution in [1.29, 1.82) is 0 Å². The lowest BCUT2D eigenvalue weighted by atomic mass is 10.2. The highest BCUT2D eigenvalue weighted by atomic mass is 32.2. The van der Waals surface area contributed by atoms with Gasteiger partial charge in [-0.2, -0.15) is 16.8 Å². The Balaban J connectivity index is 1.92.